The zero-order valence-electron chi connectivity index (χ0n) is 15.5. The first kappa shape index (κ1) is 20.9. The van der Waals surface area contributed by atoms with Crippen LogP contribution < -0.4 is 10.6 Å². The molecule has 0 aliphatic carbocycles. The Labute approximate surface area is 177 Å². The number of anilines is 1. The summed E-state index contributed by atoms with van der Waals surface area (Å²) >= 11 is 11.4. The zero-order chi connectivity index (χ0) is 21.1. The van der Waals surface area contributed by atoms with E-state index >= 15 is 0 Å². The smallest absolute Gasteiger partial charge is 0.305 e. The summed E-state index contributed by atoms with van der Waals surface area (Å²) in [6.07, 6.45) is 0.199. The van der Waals surface area contributed by atoms with Crippen LogP contribution in [0.15, 0.2) is 47.5 Å². The number of nitrogens with zero attached hydrogens (tertiary/aromatic N) is 2. The molecule has 3 rings (SSSR count). The molecular weight excluding hydrogens is 415 g/mol. The molecule has 1 aliphatic heterocycles. The third kappa shape index (κ3) is 4.28. The summed E-state index contributed by atoms with van der Waals surface area (Å²) in [5.74, 6) is -0.928. The number of benzene rings is 2. The van der Waals surface area contributed by atoms with E-state index in [0.717, 1.165) is 0 Å². The van der Waals surface area contributed by atoms with E-state index in [9.17, 15) is 9.18 Å². The summed E-state index contributed by atoms with van der Waals surface area (Å²) < 4.78 is 19.3. The first-order chi connectivity index (χ1) is 13.8. The number of nitrogens with two attached hydrogens (primary N) is 1. The highest BCUT2D eigenvalue weighted by Crippen LogP contribution is 2.32. The summed E-state index contributed by atoms with van der Waals surface area (Å²) in [7, 11) is 1.29. The predicted octanol–water partition coefficient (Wildman–Crippen LogP) is 3.68. The quantitative estimate of drug-likeness (QED) is 0.568. The minimum Gasteiger partial charge on any atom is -0.469 e. The third-order valence-electron chi connectivity index (χ3n) is 4.50. The first-order valence-corrected chi connectivity index (χ1v) is 9.49. The Hall–Kier alpha value is -2.84. The number of aliphatic imine (C=N–C) groups is 1. The lowest BCUT2D eigenvalue weighted by Gasteiger charge is -2.26. The van der Waals surface area contributed by atoms with Crippen LogP contribution in [0.2, 0.25) is 5.02 Å². The van der Waals surface area contributed by atoms with Crippen LogP contribution in [0.4, 0.5) is 10.1 Å². The molecule has 0 saturated heterocycles. The molecular formula is C20H18ClFN4O2S. The Kier molecular flexibility index (Phi) is 6.24. The summed E-state index contributed by atoms with van der Waals surface area (Å²) in [5.41, 5.74) is 7.41. The maximum Gasteiger partial charge on any atom is 0.305 e. The SMILES string of the molecule is COC(=O)CC[C@@H]1N=C(c2ccccc2F)c2cc(Cl)ccc2N(C(N)=S)C1=N. The molecule has 29 heavy (non-hydrogen) atoms. The van der Waals surface area contributed by atoms with Gasteiger partial charge in [0.2, 0.25) is 0 Å². The van der Waals surface area contributed by atoms with Crippen LogP contribution in [0.25, 0.3) is 0 Å². The van der Waals surface area contributed by atoms with Gasteiger partial charge >= 0.3 is 5.97 Å². The van der Waals surface area contributed by atoms with E-state index in [4.69, 9.17) is 39.7 Å². The van der Waals surface area contributed by atoms with Crippen molar-refractivity contribution in [1.82, 2.24) is 0 Å². The molecule has 0 radical (unpaired) electrons. The molecule has 9 heteroatoms. The summed E-state index contributed by atoms with van der Waals surface area (Å²) in [6, 6.07) is 10.3. The largest absolute Gasteiger partial charge is 0.469 e. The second kappa shape index (κ2) is 8.67. The van der Waals surface area contributed by atoms with Crippen molar-refractivity contribution in [3.63, 3.8) is 0 Å². The van der Waals surface area contributed by atoms with E-state index in [1.807, 2.05) is 0 Å². The van der Waals surface area contributed by atoms with Crippen molar-refractivity contribution < 1.29 is 13.9 Å². The molecule has 0 aromatic heterocycles. The highest BCUT2D eigenvalue weighted by molar-refractivity contribution is 7.80. The van der Waals surface area contributed by atoms with E-state index < -0.39 is 17.8 Å². The van der Waals surface area contributed by atoms with Crippen molar-refractivity contribution in [2.75, 3.05) is 12.0 Å². The van der Waals surface area contributed by atoms with Crippen LogP contribution in [0.5, 0.6) is 0 Å². The highest BCUT2D eigenvalue weighted by atomic mass is 35.5. The molecule has 150 valence electrons. The fourth-order valence-electron chi connectivity index (χ4n) is 3.12. The molecule has 0 amide bonds. The maximum atomic E-state index is 14.6. The molecule has 0 spiro atoms. The Morgan fingerprint density at radius 1 is 1.34 bits per heavy atom. The van der Waals surface area contributed by atoms with Gasteiger partial charge in [0.05, 0.1) is 18.5 Å². The number of benzodiazepines with no additional fused rings is 1. The van der Waals surface area contributed by atoms with Gasteiger partial charge in [0.1, 0.15) is 17.7 Å². The van der Waals surface area contributed by atoms with E-state index in [1.54, 1.807) is 36.4 Å². The number of hydrogen-bond acceptors (Lipinski definition) is 5. The number of hydrogen-bond donors (Lipinski definition) is 2. The normalized spacial score (nSPS) is 16.0. The molecule has 0 saturated carbocycles. The molecule has 1 atom stereocenters. The predicted molar refractivity (Wildman–Crippen MR) is 116 cm³/mol. The first-order valence-electron chi connectivity index (χ1n) is 8.71. The minimum absolute atomic E-state index is 0.0173. The van der Waals surface area contributed by atoms with E-state index in [-0.39, 0.29) is 29.4 Å². The lowest BCUT2D eigenvalue weighted by molar-refractivity contribution is -0.140. The molecule has 2 aromatic rings. The van der Waals surface area contributed by atoms with Gasteiger partial charge < -0.3 is 10.5 Å². The summed E-state index contributed by atoms with van der Waals surface area (Å²) in [4.78, 5) is 17.6. The third-order valence-corrected chi connectivity index (χ3v) is 4.91. The Bertz CT molecular complexity index is 1030. The fourth-order valence-corrected chi connectivity index (χ4v) is 3.49. The second-order valence-corrected chi connectivity index (χ2v) is 7.16. The monoisotopic (exact) mass is 432 g/mol. The van der Waals surface area contributed by atoms with Crippen LogP contribution >= 0.6 is 23.8 Å². The van der Waals surface area contributed by atoms with E-state index in [0.29, 0.717) is 22.0 Å². The van der Waals surface area contributed by atoms with E-state index in [2.05, 4.69) is 4.99 Å². The van der Waals surface area contributed by atoms with Crippen LogP contribution in [0, 0.1) is 11.2 Å². The number of esters is 1. The average molecular weight is 433 g/mol. The van der Waals surface area contributed by atoms with Crippen molar-refractivity contribution in [2.45, 2.75) is 18.9 Å². The zero-order valence-corrected chi connectivity index (χ0v) is 17.1. The second-order valence-electron chi connectivity index (χ2n) is 6.31. The van der Waals surface area contributed by atoms with Gasteiger partial charge in [-0.15, -0.1) is 0 Å². The summed E-state index contributed by atoms with van der Waals surface area (Å²) in [5, 5.41) is 8.99. The van der Waals surface area contributed by atoms with E-state index in [1.165, 1.54) is 18.1 Å². The van der Waals surface area contributed by atoms with Crippen molar-refractivity contribution in [2.24, 2.45) is 10.7 Å². The van der Waals surface area contributed by atoms with Gasteiger partial charge in [-0.25, -0.2) is 4.39 Å². The lowest BCUT2D eigenvalue weighted by Crippen LogP contribution is -2.45. The number of carbonyl (C=O) groups is 1. The molecule has 0 fully saturated rings. The number of nitrogens with one attached hydrogen (secondary N) is 1. The van der Waals surface area contributed by atoms with Gasteiger partial charge in [-0.1, -0.05) is 23.7 Å². The number of carbonyl (C=O) groups excluding carboxylic acids is 1. The number of methoxy groups -OCH3 is 1. The number of fused-ring (bicyclic) bond motifs is 1. The van der Waals surface area contributed by atoms with Gasteiger partial charge in [-0.2, -0.15) is 0 Å². The average Bonchev–Trinajstić information content (AvgIpc) is 2.80. The van der Waals surface area contributed by atoms with Gasteiger partial charge in [-0.05, 0) is 49.0 Å². The highest BCUT2D eigenvalue weighted by Gasteiger charge is 2.32. The minimum atomic E-state index is -0.795. The number of rotatable bonds is 4. The van der Waals surface area contributed by atoms with Crippen LogP contribution in [0.1, 0.15) is 24.0 Å². The van der Waals surface area contributed by atoms with Crippen molar-refractivity contribution in [1.29, 1.82) is 5.41 Å². The standard InChI is InChI=1S/C20H18ClFN4O2S/c1-28-17(27)9-7-15-19(23)26(20(24)29)16-8-6-11(21)10-13(16)18(25-15)12-4-2-3-5-14(12)22/h2-6,8,10,15,23H,7,9H2,1H3,(H2,24,29)/t15-/m0/s1. The fraction of sp³-hybridized carbons (Fsp3) is 0.200. The van der Waals surface area contributed by atoms with Crippen LogP contribution in [-0.2, 0) is 9.53 Å². The molecule has 3 N–H and O–H groups in total. The van der Waals surface area contributed by atoms with Gasteiger partial charge in [0.25, 0.3) is 0 Å². The molecule has 0 unspecified atom stereocenters. The molecule has 1 aliphatic rings. The topological polar surface area (TPSA) is 91.8 Å². The molecule has 0 bridgehead atoms. The maximum absolute atomic E-state index is 14.6. The molecule has 6 nitrogen and oxygen atoms in total. The summed E-state index contributed by atoms with van der Waals surface area (Å²) in [6.45, 7) is 0. The number of thiocarbonyl (C=S) groups is 1. The number of amidine groups is 1. The van der Waals surface area contributed by atoms with Crippen molar-refractivity contribution >= 4 is 52.1 Å². The van der Waals surface area contributed by atoms with Crippen LogP contribution in [-0.4, -0.2) is 35.8 Å². The molecule has 1 heterocycles. The van der Waals surface area contributed by atoms with Crippen molar-refractivity contribution in [3.05, 3.63) is 64.4 Å². The van der Waals surface area contributed by atoms with Gasteiger partial charge in [-0.3, -0.25) is 20.1 Å². The number of ether oxygens (including phenoxy) is 1. The van der Waals surface area contributed by atoms with Gasteiger partial charge in [0.15, 0.2) is 5.11 Å². The Balaban J connectivity index is 2.23. The molecule has 2 aromatic carbocycles. The van der Waals surface area contributed by atoms with Gasteiger partial charge in [0, 0.05) is 22.6 Å². The Morgan fingerprint density at radius 2 is 2.07 bits per heavy atom. The van der Waals surface area contributed by atoms with Crippen molar-refractivity contribution in [3.8, 4) is 0 Å². The Morgan fingerprint density at radius 3 is 2.72 bits per heavy atom. The lowest BCUT2D eigenvalue weighted by atomic mass is 9.99. The number of halogens is 2. The van der Waals surface area contributed by atoms with Crippen LogP contribution in [0.3, 0.4) is 0 Å².